The number of aliphatic hydroxyl groups is 1. The Bertz CT molecular complexity index is 1100. The number of carbonyl (C=O) groups is 2. The lowest BCUT2D eigenvalue weighted by Gasteiger charge is -2.19. The lowest BCUT2D eigenvalue weighted by Crippen LogP contribution is -2.30. The van der Waals surface area contributed by atoms with Crippen molar-refractivity contribution >= 4 is 39.2 Å². The molecule has 1 aliphatic heterocycles. The van der Waals surface area contributed by atoms with E-state index in [-0.39, 0.29) is 36.7 Å². The van der Waals surface area contributed by atoms with Crippen LogP contribution in [0.1, 0.15) is 37.9 Å². The molecule has 8 nitrogen and oxygen atoms in total. The summed E-state index contributed by atoms with van der Waals surface area (Å²) in [5, 5.41) is 10.2. The number of thiophene rings is 1. The zero-order chi connectivity index (χ0) is 21.3. The standard InChI is InChI=1S/C21H23N5O3S/c1-25(10-11-27)21(29)17-16(14-4-2-8-24-19(14)30-17)13-6-9-26(12-13)20(28)15-5-3-7-23-18(15)22/h2-5,7-8,13,27H,6,9-12H2,1H3,(H2,22,23)/t13-/m1/s1. The van der Waals surface area contributed by atoms with Crippen LogP contribution in [0.2, 0.25) is 0 Å². The van der Waals surface area contributed by atoms with Crippen molar-refractivity contribution in [2.75, 3.05) is 39.0 Å². The van der Waals surface area contributed by atoms with Crippen LogP contribution < -0.4 is 5.73 Å². The summed E-state index contributed by atoms with van der Waals surface area (Å²) in [5.74, 6) is -0.0433. The minimum absolute atomic E-state index is 0.0197. The van der Waals surface area contributed by atoms with Gasteiger partial charge in [-0.05, 0) is 30.2 Å². The van der Waals surface area contributed by atoms with Crippen LogP contribution in [0, 0.1) is 0 Å². The molecule has 1 atom stereocenters. The van der Waals surface area contributed by atoms with Gasteiger partial charge < -0.3 is 20.6 Å². The second-order valence-electron chi connectivity index (χ2n) is 7.32. The normalized spacial score (nSPS) is 16.2. The van der Waals surface area contributed by atoms with E-state index in [1.54, 1.807) is 36.5 Å². The predicted octanol–water partition coefficient (Wildman–Crippen LogP) is 1.97. The first-order valence-corrected chi connectivity index (χ1v) is 10.6. The molecule has 0 bridgehead atoms. The maximum absolute atomic E-state index is 13.1. The molecule has 1 fully saturated rings. The van der Waals surface area contributed by atoms with Gasteiger partial charge in [-0.3, -0.25) is 9.59 Å². The Morgan fingerprint density at radius 3 is 2.83 bits per heavy atom. The molecular formula is C21H23N5O3S. The maximum atomic E-state index is 13.1. The third kappa shape index (κ3) is 3.61. The third-order valence-corrected chi connectivity index (χ3v) is 6.55. The Hall–Kier alpha value is -3.04. The number of carbonyl (C=O) groups excluding carboxylic acids is 2. The summed E-state index contributed by atoms with van der Waals surface area (Å²) in [6.07, 6.45) is 4.02. The summed E-state index contributed by atoms with van der Waals surface area (Å²) < 4.78 is 0. The minimum Gasteiger partial charge on any atom is -0.395 e. The molecule has 3 aromatic heterocycles. The van der Waals surface area contributed by atoms with Gasteiger partial charge in [0.2, 0.25) is 0 Å². The first kappa shape index (κ1) is 20.2. The van der Waals surface area contributed by atoms with Gasteiger partial charge in [-0.25, -0.2) is 9.97 Å². The fourth-order valence-corrected chi connectivity index (χ4v) is 5.11. The molecule has 0 spiro atoms. The highest BCUT2D eigenvalue weighted by Crippen LogP contribution is 2.40. The van der Waals surface area contributed by atoms with Crippen molar-refractivity contribution < 1.29 is 14.7 Å². The summed E-state index contributed by atoms with van der Waals surface area (Å²) in [6, 6.07) is 7.21. The highest BCUT2D eigenvalue weighted by molar-refractivity contribution is 7.20. The van der Waals surface area contributed by atoms with Crippen molar-refractivity contribution in [2.45, 2.75) is 12.3 Å². The van der Waals surface area contributed by atoms with Gasteiger partial charge >= 0.3 is 0 Å². The number of hydrogen-bond acceptors (Lipinski definition) is 7. The summed E-state index contributed by atoms with van der Waals surface area (Å²) in [7, 11) is 1.68. The number of nitrogens with zero attached hydrogens (tertiary/aromatic N) is 4. The zero-order valence-corrected chi connectivity index (χ0v) is 17.4. The molecular weight excluding hydrogens is 402 g/mol. The van der Waals surface area contributed by atoms with Gasteiger partial charge in [0.1, 0.15) is 10.6 Å². The van der Waals surface area contributed by atoms with E-state index in [0.717, 1.165) is 22.2 Å². The van der Waals surface area contributed by atoms with E-state index in [2.05, 4.69) is 9.97 Å². The number of pyridine rings is 2. The quantitative estimate of drug-likeness (QED) is 0.646. The fraction of sp³-hybridized carbons (Fsp3) is 0.333. The Balaban J connectivity index is 1.66. The highest BCUT2D eigenvalue weighted by atomic mass is 32.1. The van der Waals surface area contributed by atoms with E-state index < -0.39 is 0 Å². The van der Waals surface area contributed by atoms with Crippen molar-refractivity contribution in [3.05, 3.63) is 52.7 Å². The van der Waals surface area contributed by atoms with E-state index in [1.165, 1.54) is 16.2 Å². The van der Waals surface area contributed by atoms with Gasteiger partial charge in [-0.1, -0.05) is 6.07 Å². The van der Waals surface area contributed by atoms with E-state index in [0.29, 0.717) is 23.5 Å². The largest absolute Gasteiger partial charge is 0.395 e. The number of nitrogen functional groups attached to an aromatic ring is 1. The van der Waals surface area contributed by atoms with E-state index >= 15 is 0 Å². The van der Waals surface area contributed by atoms with Gasteiger partial charge in [0, 0.05) is 50.4 Å². The fourth-order valence-electron chi connectivity index (χ4n) is 3.89. The minimum atomic E-state index is -0.147. The van der Waals surface area contributed by atoms with Crippen molar-refractivity contribution in [1.82, 2.24) is 19.8 Å². The molecule has 0 aliphatic carbocycles. The van der Waals surface area contributed by atoms with Gasteiger partial charge in [0.05, 0.1) is 17.0 Å². The number of amides is 2. The monoisotopic (exact) mass is 425 g/mol. The van der Waals surface area contributed by atoms with Gasteiger partial charge in [-0.2, -0.15) is 0 Å². The number of likely N-dealkylation sites (tertiary alicyclic amines) is 1. The molecule has 3 N–H and O–H groups in total. The van der Waals surface area contributed by atoms with Crippen LogP contribution in [0.5, 0.6) is 0 Å². The summed E-state index contributed by atoms with van der Waals surface area (Å²) in [5.41, 5.74) is 7.22. The average Bonchev–Trinajstić information content (AvgIpc) is 3.38. The molecule has 0 radical (unpaired) electrons. The van der Waals surface area contributed by atoms with Gasteiger partial charge in [-0.15, -0.1) is 11.3 Å². The number of hydrogen-bond donors (Lipinski definition) is 2. The second kappa shape index (κ2) is 8.37. The highest BCUT2D eigenvalue weighted by Gasteiger charge is 2.34. The predicted molar refractivity (Wildman–Crippen MR) is 116 cm³/mol. The van der Waals surface area contributed by atoms with Gasteiger partial charge in [0.15, 0.2) is 0 Å². The number of nitrogens with two attached hydrogens (primary N) is 1. The molecule has 156 valence electrons. The molecule has 9 heteroatoms. The van der Waals surface area contributed by atoms with Crippen molar-refractivity contribution in [3.8, 4) is 0 Å². The molecule has 0 unspecified atom stereocenters. The molecule has 4 heterocycles. The lowest BCUT2D eigenvalue weighted by molar-refractivity contribution is 0.0770. The van der Waals surface area contributed by atoms with Crippen LogP contribution in [-0.2, 0) is 0 Å². The SMILES string of the molecule is CN(CCO)C(=O)c1sc2ncccc2c1[C@@H]1CCN(C(=O)c2cccnc2N)C1. The number of aliphatic hydroxyl groups excluding tert-OH is 1. The van der Waals surface area contributed by atoms with Crippen molar-refractivity contribution in [2.24, 2.45) is 0 Å². The number of fused-ring (bicyclic) bond motifs is 1. The van der Waals surface area contributed by atoms with Crippen LogP contribution in [0.25, 0.3) is 10.2 Å². The van der Waals surface area contributed by atoms with Crippen LogP contribution in [0.3, 0.4) is 0 Å². The Labute approximate surface area is 178 Å². The van der Waals surface area contributed by atoms with Crippen LogP contribution in [0.4, 0.5) is 5.82 Å². The van der Waals surface area contributed by atoms with Crippen LogP contribution >= 0.6 is 11.3 Å². The summed E-state index contributed by atoms with van der Waals surface area (Å²) in [6.45, 7) is 1.24. The Kier molecular flexibility index (Phi) is 5.65. The van der Waals surface area contributed by atoms with Crippen molar-refractivity contribution in [1.29, 1.82) is 0 Å². The molecule has 2 amide bonds. The summed E-state index contributed by atoms with van der Waals surface area (Å²) >= 11 is 1.36. The molecule has 1 saturated heterocycles. The Morgan fingerprint density at radius 1 is 1.30 bits per heavy atom. The van der Waals surface area contributed by atoms with E-state index in [4.69, 9.17) is 5.73 Å². The molecule has 1 aliphatic rings. The Morgan fingerprint density at radius 2 is 2.07 bits per heavy atom. The number of likely N-dealkylation sites (N-methyl/N-ethyl adjacent to an activating group) is 1. The molecule has 3 aromatic rings. The number of anilines is 1. The molecule has 0 aromatic carbocycles. The van der Waals surface area contributed by atoms with Gasteiger partial charge in [0.25, 0.3) is 11.8 Å². The zero-order valence-electron chi connectivity index (χ0n) is 16.6. The number of rotatable bonds is 5. The topological polar surface area (TPSA) is 113 Å². The smallest absolute Gasteiger partial charge is 0.264 e. The first-order valence-electron chi connectivity index (χ1n) is 9.74. The van der Waals surface area contributed by atoms with Crippen molar-refractivity contribution in [3.63, 3.8) is 0 Å². The summed E-state index contributed by atoms with van der Waals surface area (Å²) in [4.78, 5) is 39.2. The molecule has 0 saturated carbocycles. The third-order valence-electron chi connectivity index (χ3n) is 5.43. The molecule has 30 heavy (non-hydrogen) atoms. The average molecular weight is 426 g/mol. The molecule has 4 rings (SSSR count). The first-order chi connectivity index (χ1) is 14.5. The number of aromatic nitrogens is 2. The lowest BCUT2D eigenvalue weighted by atomic mass is 9.95. The van der Waals surface area contributed by atoms with Crippen LogP contribution in [-0.4, -0.2) is 70.0 Å². The maximum Gasteiger partial charge on any atom is 0.264 e. The van der Waals surface area contributed by atoms with E-state index in [1.807, 2.05) is 12.1 Å². The second-order valence-corrected chi connectivity index (χ2v) is 8.32. The van der Waals surface area contributed by atoms with E-state index in [9.17, 15) is 14.7 Å². The van der Waals surface area contributed by atoms with Crippen LogP contribution in [0.15, 0.2) is 36.7 Å².